The number of benzene rings is 5. The van der Waals surface area contributed by atoms with Crippen LogP contribution < -0.4 is 10.2 Å². The predicted octanol–water partition coefficient (Wildman–Crippen LogP) is 7.97. The predicted molar refractivity (Wildman–Crippen MR) is 138 cm³/mol. The summed E-state index contributed by atoms with van der Waals surface area (Å²) in [5, 5.41) is 8.39. The Bertz CT molecular complexity index is 1670. The minimum Gasteiger partial charge on any atom is -0.455 e. The van der Waals surface area contributed by atoms with Crippen LogP contribution in [-0.2, 0) is 0 Å². The van der Waals surface area contributed by atoms with Gasteiger partial charge in [0.25, 0.3) is 0 Å². The molecule has 6 aromatic rings. The second kappa shape index (κ2) is 6.88. The minimum absolute atomic E-state index is 0.133. The maximum atomic E-state index is 6.29. The molecule has 3 heteroatoms. The lowest BCUT2D eigenvalue weighted by molar-refractivity contribution is 0.672. The first-order valence-corrected chi connectivity index (χ1v) is 11.3. The first-order valence-electron chi connectivity index (χ1n) is 11.3. The van der Waals surface area contributed by atoms with Crippen molar-refractivity contribution in [1.29, 1.82) is 0 Å². The molecule has 3 nitrogen and oxygen atoms in total. The van der Waals surface area contributed by atoms with Gasteiger partial charge in [0, 0.05) is 23.2 Å². The highest BCUT2D eigenvalue weighted by Crippen LogP contribution is 2.44. The Morgan fingerprint density at radius 3 is 2.27 bits per heavy atom. The van der Waals surface area contributed by atoms with Crippen LogP contribution in [-0.4, -0.2) is 7.05 Å². The number of hydrogen-bond donors (Lipinski definition) is 1. The van der Waals surface area contributed by atoms with E-state index in [-0.39, 0.29) is 6.17 Å². The summed E-state index contributed by atoms with van der Waals surface area (Å²) in [5.41, 5.74) is 7.94. The molecule has 1 N–H and O–H groups in total. The van der Waals surface area contributed by atoms with Crippen LogP contribution >= 0.6 is 0 Å². The van der Waals surface area contributed by atoms with Crippen LogP contribution in [0, 0.1) is 0 Å². The Kier molecular flexibility index (Phi) is 3.82. The fourth-order valence-electron chi connectivity index (χ4n) is 5.24. The van der Waals surface area contributed by atoms with Crippen molar-refractivity contribution in [2.24, 2.45) is 0 Å². The Balaban J connectivity index is 1.42. The maximum absolute atomic E-state index is 6.29. The first kappa shape index (κ1) is 18.3. The van der Waals surface area contributed by atoms with Crippen molar-refractivity contribution in [3.8, 4) is 11.1 Å². The van der Waals surface area contributed by atoms with Crippen LogP contribution in [0.3, 0.4) is 0 Å². The van der Waals surface area contributed by atoms with E-state index in [1.165, 1.54) is 27.8 Å². The fraction of sp³-hybridized carbons (Fsp3) is 0.0667. The van der Waals surface area contributed by atoms with E-state index in [0.717, 1.165) is 33.0 Å². The van der Waals surface area contributed by atoms with E-state index in [9.17, 15) is 0 Å². The third-order valence-corrected chi connectivity index (χ3v) is 6.87. The van der Waals surface area contributed by atoms with Crippen LogP contribution in [0.25, 0.3) is 43.8 Å². The highest BCUT2D eigenvalue weighted by molar-refractivity contribution is 6.19. The van der Waals surface area contributed by atoms with E-state index >= 15 is 0 Å². The van der Waals surface area contributed by atoms with Gasteiger partial charge in [-0.25, -0.2) is 0 Å². The third-order valence-electron chi connectivity index (χ3n) is 6.87. The molecule has 1 aromatic heterocycles. The zero-order valence-corrected chi connectivity index (χ0v) is 18.2. The molecule has 0 fully saturated rings. The molecule has 7 rings (SSSR count). The summed E-state index contributed by atoms with van der Waals surface area (Å²) >= 11 is 0. The van der Waals surface area contributed by atoms with Gasteiger partial charge in [-0.2, -0.15) is 0 Å². The Labute approximate surface area is 191 Å². The number of hydrogen-bond acceptors (Lipinski definition) is 3. The van der Waals surface area contributed by atoms with Gasteiger partial charge in [-0.15, -0.1) is 0 Å². The van der Waals surface area contributed by atoms with Crippen LogP contribution in [0.1, 0.15) is 11.7 Å². The Hall–Kier alpha value is -4.24. The minimum atomic E-state index is 0.133. The van der Waals surface area contributed by atoms with Gasteiger partial charge in [-0.1, -0.05) is 78.9 Å². The van der Waals surface area contributed by atoms with Crippen LogP contribution in [0.15, 0.2) is 108 Å². The summed E-state index contributed by atoms with van der Waals surface area (Å²) in [6, 6.07) is 36.5. The molecule has 33 heavy (non-hydrogen) atoms. The highest BCUT2D eigenvalue weighted by Gasteiger charge is 2.27. The molecule has 0 aliphatic carbocycles. The lowest BCUT2D eigenvalue weighted by Crippen LogP contribution is -2.23. The van der Waals surface area contributed by atoms with Crippen molar-refractivity contribution in [2.75, 3.05) is 17.3 Å². The van der Waals surface area contributed by atoms with Crippen molar-refractivity contribution in [2.45, 2.75) is 6.17 Å². The second-order valence-electron chi connectivity index (χ2n) is 8.75. The van der Waals surface area contributed by atoms with Gasteiger partial charge in [0.05, 0.1) is 11.4 Å². The van der Waals surface area contributed by atoms with Gasteiger partial charge < -0.3 is 14.6 Å². The van der Waals surface area contributed by atoms with E-state index in [4.69, 9.17) is 4.42 Å². The average molecular weight is 427 g/mol. The van der Waals surface area contributed by atoms with E-state index in [0.29, 0.717) is 0 Å². The second-order valence-corrected chi connectivity index (χ2v) is 8.75. The van der Waals surface area contributed by atoms with Gasteiger partial charge >= 0.3 is 0 Å². The Morgan fingerprint density at radius 2 is 1.42 bits per heavy atom. The topological polar surface area (TPSA) is 28.4 Å². The summed E-state index contributed by atoms with van der Waals surface area (Å²) in [6.07, 6.45) is 0.133. The highest BCUT2D eigenvalue weighted by atomic mass is 16.3. The number of anilines is 2. The molecular weight excluding hydrogens is 404 g/mol. The number of nitrogens with zero attached hydrogens (tertiary/aromatic N) is 1. The van der Waals surface area contributed by atoms with Crippen molar-refractivity contribution in [3.63, 3.8) is 0 Å². The normalized spacial score (nSPS) is 15.3. The molecule has 1 unspecified atom stereocenters. The van der Waals surface area contributed by atoms with Crippen molar-refractivity contribution < 1.29 is 4.42 Å². The van der Waals surface area contributed by atoms with Gasteiger partial charge in [0.1, 0.15) is 17.3 Å². The van der Waals surface area contributed by atoms with E-state index < -0.39 is 0 Å². The zero-order chi connectivity index (χ0) is 21.9. The van der Waals surface area contributed by atoms with Crippen molar-refractivity contribution in [1.82, 2.24) is 0 Å². The zero-order valence-electron chi connectivity index (χ0n) is 18.2. The molecule has 0 bridgehead atoms. The fourth-order valence-corrected chi connectivity index (χ4v) is 5.24. The number of furan rings is 1. The molecule has 0 amide bonds. The molecule has 158 valence electrons. The van der Waals surface area contributed by atoms with E-state index in [2.05, 4.69) is 108 Å². The van der Waals surface area contributed by atoms with E-state index in [1.54, 1.807) is 0 Å². The summed E-state index contributed by atoms with van der Waals surface area (Å²) in [4.78, 5) is 2.30. The molecule has 1 aliphatic rings. The molecular formula is C30H22N2O. The number of fused-ring (bicyclic) bond motifs is 6. The van der Waals surface area contributed by atoms with Gasteiger partial charge in [0.2, 0.25) is 0 Å². The third kappa shape index (κ3) is 2.69. The molecule has 0 saturated carbocycles. The molecule has 0 radical (unpaired) electrons. The number of rotatable bonds is 2. The van der Waals surface area contributed by atoms with Crippen molar-refractivity contribution >= 4 is 44.1 Å². The smallest absolute Gasteiger partial charge is 0.143 e. The standard InChI is InChI=1S/C30H22N2O/c1-32-27-16-15-20(17-26(27)31-30(32)19-9-3-2-4-10-19)24-18-25-22-12-7-8-14-28(22)33-29(25)23-13-6-5-11-21(23)24/h2-18,30-31H,1H3. The van der Waals surface area contributed by atoms with Gasteiger partial charge in [-0.3, -0.25) is 0 Å². The SMILES string of the molecule is CN1c2ccc(-c3cc4c5ccccc5oc4c4ccccc34)cc2NC1c1ccccc1. The van der Waals surface area contributed by atoms with Gasteiger partial charge in [0.15, 0.2) is 0 Å². The largest absolute Gasteiger partial charge is 0.455 e. The average Bonchev–Trinajstić information content (AvgIpc) is 3.41. The van der Waals surface area contributed by atoms with E-state index in [1.807, 2.05) is 12.1 Å². The molecule has 1 atom stereocenters. The summed E-state index contributed by atoms with van der Waals surface area (Å²) < 4.78 is 6.29. The molecule has 2 heterocycles. The molecule has 0 saturated heterocycles. The van der Waals surface area contributed by atoms with Crippen LogP contribution in [0.5, 0.6) is 0 Å². The lowest BCUT2D eigenvalue weighted by Gasteiger charge is -2.22. The van der Waals surface area contributed by atoms with Crippen LogP contribution in [0.2, 0.25) is 0 Å². The number of nitrogens with one attached hydrogen (secondary N) is 1. The van der Waals surface area contributed by atoms with Crippen molar-refractivity contribution in [3.05, 3.63) is 109 Å². The quantitative estimate of drug-likeness (QED) is 0.304. The van der Waals surface area contributed by atoms with Crippen LogP contribution in [0.4, 0.5) is 11.4 Å². The maximum Gasteiger partial charge on any atom is 0.143 e. The monoisotopic (exact) mass is 426 g/mol. The molecule has 5 aromatic carbocycles. The summed E-state index contributed by atoms with van der Waals surface area (Å²) in [6.45, 7) is 0. The number of para-hydroxylation sites is 1. The summed E-state index contributed by atoms with van der Waals surface area (Å²) in [5.74, 6) is 0. The first-order chi connectivity index (χ1) is 16.3. The summed E-state index contributed by atoms with van der Waals surface area (Å²) in [7, 11) is 2.15. The molecule has 0 spiro atoms. The lowest BCUT2D eigenvalue weighted by atomic mass is 9.95. The van der Waals surface area contributed by atoms with Gasteiger partial charge in [-0.05, 0) is 46.3 Å². The molecule has 1 aliphatic heterocycles. The Morgan fingerprint density at radius 1 is 0.697 bits per heavy atom.